The van der Waals surface area contributed by atoms with Crippen molar-refractivity contribution in [3.8, 4) is 0 Å². The maximum atomic E-state index is 9.68. The zero-order valence-corrected chi connectivity index (χ0v) is 4.56. The van der Waals surface area contributed by atoms with E-state index in [2.05, 4.69) is 0 Å². The summed E-state index contributed by atoms with van der Waals surface area (Å²) in [6.07, 6.45) is 1.92. The van der Waals surface area contributed by atoms with Crippen molar-refractivity contribution in [2.45, 2.75) is 25.9 Å². The number of carbonyl (C=O) groups excluding carboxylic acids is 1. The molecule has 2 nitrogen and oxygen atoms in total. The van der Waals surface area contributed by atoms with E-state index in [1.54, 1.807) is 6.92 Å². The van der Waals surface area contributed by atoms with Crippen molar-refractivity contribution in [3.63, 3.8) is 0 Å². The number of hydrogen-bond donors (Lipinski definition) is 1. The normalized spacial score (nSPS) is 18.1. The van der Waals surface area contributed by atoms with Gasteiger partial charge < -0.3 is 5.11 Å². The van der Waals surface area contributed by atoms with Crippen LogP contribution in [0.4, 0.5) is 0 Å². The molecular weight excluding hydrogens is 92.1 g/mol. The summed E-state index contributed by atoms with van der Waals surface area (Å²) in [5.41, 5.74) is -1.22. The first-order valence-corrected chi connectivity index (χ1v) is 2.24. The summed E-state index contributed by atoms with van der Waals surface area (Å²) < 4.78 is 0. The fourth-order valence-corrected chi connectivity index (χ4v) is 0.0722. The zero-order valence-electron chi connectivity index (χ0n) is 4.56. The molecule has 0 aliphatic rings. The van der Waals surface area contributed by atoms with Crippen LogP contribution in [0.2, 0.25) is 0 Å². The predicted molar refractivity (Wildman–Crippen MR) is 26.6 cm³/mol. The first-order chi connectivity index (χ1) is 3.12. The molecule has 0 spiro atoms. The molecule has 1 N–H and O–H groups in total. The van der Waals surface area contributed by atoms with E-state index in [1.807, 2.05) is 0 Å². The van der Waals surface area contributed by atoms with Crippen LogP contribution in [0, 0.1) is 0 Å². The highest BCUT2D eigenvalue weighted by atomic mass is 16.3. The smallest absolute Gasteiger partial charge is 0.232 e. The van der Waals surface area contributed by atoms with Crippen LogP contribution in [0.3, 0.4) is 0 Å². The van der Waals surface area contributed by atoms with Crippen LogP contribution in [-0.2, 0) is 4.79 Å². The highest BCUT2D eigenvalue weighted by molar-refractivity contribution is 5.61. The fourth-order valence-electron chi connectivity index (χ4n) is 0.0722. The molecule has 0 amide bonds. The Morgan fingerprint density at radius 2 is 2.29 bits per heavy atom. The van der Waals surface area contributed by atoms with E-state index < -0.39 is 5.60 Å². The molecule has 0 fully saturated rings. The Labute approximate surface area is 43.2 Å². The maximum absolute atomic E-state index is 9.68. The average molecular weight is 101 g/mol. The molecule has 0 aromatic heterocycles. The van der Waals surface area contributed by atoms with Gasteiger partial charge in [0.1, 0.15) is 5.60 Å². The molecule has 0 aliphatic carbocycles. The molecule has 7 heavy (non-hydrogen) atoms. The first kappa shape index (κ1) is 6.63. The van der Waals surface area contributed by atoms with Gasteiger partial charge in [-0.05, 0) is 13.3 Å². The van der Waals surface area contributed by atoms with Gasteiger partial charge in [-0.25, -0.2) is 0 Å². The van der Waals surface area contributed by atoms with E-state index in [1.165, 1.54) is 13.2 Å². The molecule has 0 saturated heterocycles. The van der Waals surface area contributed by atoms with Crippen molar-refractivity contribution in [1.82, 2.24) is 0 Å². The lowest BCUT2D eigenvalue weighted by atomic mass is 10.1. The Balaban J connectivity index is 3.58. The lowest BCUT2D eigenvalue weighted by Gasteiger charge is -2.08. The van der Waals surface area contributed by atoms with Gasteiger partial charge in [-0.2, -0.15) is 0 Å². The Morgan fingerprint density at radius 3 is 2.29 bits per heavy atom. The Hall–Kier alpha value is -0.370. The third-order valence-corrected chi connectivity index (χ3v) is 0.908. The number of aliphatic hydroxyl groups is 1. The van der Waals surface area contributed by atoms with Crippen molar-refractivity contribution in [3.05, 3.63) is 0 Å². The second kappa shape index (κ2) is 2.07. The zero-order chi connectivity index (χ0) is 5.91. The molecule has 41 valence electrons. The predicted octanol–water partition coefficient (Wildman–Crippen LogP) is 0.257. The quantitative estimate of drug-likeness (QED) is 0.541. The monoisotopic (exact) mass is 101 g/mol. The molecule has 0 rings (SSSR count). The number of rotatable bonds is 2. The van der Waals surface area contributed by atoms with Gasteiger partial charge >= 0.3 is 0 Å². The van der Waals surface area contributed by atoms with Crippen LogP contribution in [0.5, 0.6) is 0 Å². The van der Waals surface area contributed by atoms with Gasteiger partial charge in [0.25, 0.3) is 0 Å². The minimum atomic E-state index is -1.22. The largest absolute Gasteiger partial charge is 0.382 e. The molecule has 2 heteroatoms. The van der Waals surface area contributed by atoms with Crippen LogP contribution in [0.25, 0.3) is 0 Å². The first-order valence-electron chi connectivity index (χ1n) is 2.24. The minimum absolute atomic E-state index is 0.427. The SMILES string of the molecule is CCC(C)(O)[C]=O. The molecule has 0 aromatic carbocycles. The third-order valence-electron chi connectivity index (χ3n) is 0.908. The second-order valence-corrected chi connectivity index (χ2v) is 1.73. The summed E-state index contributed by atoms with van der Waals surface area (Å²) in [6, 6.07) is 0. The van der Waals surface area contributed by atoms with E-state index in [4.69, 9.17) is 5.11 Å². The summed E-state index contributed by atoms with van der Waals surface area (Å²) in [5, 5.41) is 8.71. The fraction of sp³-hybridized carbons (Fsp3) is 0.800. The van der Waals surface area contributed by atoms with Crippen molar-refractivity contribution >= 4 is 6.29 Å². The molecule has 0 bridgehead atoms. The Kier molecular flexibility index (Phi) is 1.96. The molecule has 0 aliphatic heterocycles. The minimum Gasteiger partial charge on any atom is -0.382 e. The average Bonchev–Trinajstić information content (AvgIpc) is 1.68. The van der Waals surface area contributed by atoms with Crippen molar-refractivity contribution < 1.29 is 9.90 Å². The van der Waals surface area contributed by atoms with Crippen molar-refractivity contribution in [2.24, 2.45) is 0 Å². The van der Waals surface area contributed by atoms with E-state index in [0.717, 1.165) is 0 Å². The molecule has 1 radical (unpaired) electrons. The summed E-state index contributed by atoms with van der Waals surface area (Å²) in [6.45, 7) is 3.16. The van der Waals surface area contributed by atoms with Crippen LogP contribution >= 0.6 is 0 Å². The molecule has 0 aromatic rings. The molecular formula is C5H9O2. The lowest BCUT2D eigenvalue weighted by molar-refractivity contribution is 0.124. The van der Waals surface area contributed by atoms with E-state index >= 15 is 0 Å². The topological polar surface area (TPSA) is 37.3 Å². The molecule has 0 saturated carbocycles. The van der Waals surface area contributed by atoms with Crippen LogP contribution in [-0.4, -0.2) is 17.0 Å². The molecule has 0 heterocycles. The standard InChI is InChI=1S/C5H9O2/c1-3-5(2,7)4-6/h7H,3H2,1-2H3. The lowest BCUT2D eigenvalue weighted by Crippen LogP contribution is -2.23. The summed E-state index contributed by atoms with van der Waals surface area (Å²) in [5.74, 6) is 0. The van der Waals surface area contributed by atoms with Crippen LogP contribution in [0.1, 0.15) is 20.3 Å². The highest BCUT2D eigenvalue weighted by Crippen LogP contribution is 2.01. The van der Waals surface area contributed by atoms with Crippen LogP contribution < -0.4 is 0 Å². The Morgan fingerprint density at radius 1 is 1.86 bits per heavy atom. The van der Waals surface area contributed by atoms with E-state index in [-0.39, 0.29) is 0 Å². The third kappa shape index (κ3) is 2.34. The molecule has 1 atom stereocenters. The molecule has 1 unspecified atom stereocenters. The van der Waals surface area contributed by atoms with Crippen molar-refractivity contribution in [1.29, 1.82) is 0 Å². The van der Waals surface area contributed by atoms with Gasteiger partial charge in [-0.1, -0.05) is 6.92 Å². The van der Waals surface area contributed by atoms with Gasteiger partial charge in [0.2, 0.25) is 6.29 Å². The van der Waals surface area contributed by atoms with E-state index in [9.17, 15) is 4.79 Å². The highest BCUT2D eigenvalue weighted by Gasteiger charge is 2.15. The summed E-state index contributed by atoms with van der Waals surface area (Å²) in [7, 11) is 0. The van der Waals surface area contributed by atoms with Gasteiger partial charge in [-0.3, -0.25) is 4.79 Å². The van der Waals surface area contributed by atoms with Gasteiger partial charge in [-0.15, -0.1) is 0 Å². The van der Waals surface area contributed by atoms with Gasteiger partial charge in [0.05, 0.1) is 0 Å². The number of hydrogen-bond acceptors (Lipinski definition) is 2. The van der Waals surface area contributed by atoms with Crippen molar-refractivity contribution in [2.75, 3.05) is 0 Å². The second-order valence-electron chi connectivity index (χ2n) is 1.73. The summed E-state index contributed by atoms with van der Waals surface area (Å²) >= 11 is 0. The van der Waals surface area contributed by atoms with Gasteiger partial charge in [0.15, 0.2) is 0 Å². The van der Waals surface area contributed by atoms with Gasteiger partial charge in [0, 0.05) is 0 Å². The van der Waals surface area contributed by atoms with Crippen LogP contribution in [0.15, 0.2) is 0 Å². The Bertz CT molecular complexity index is 66.5. The summed E-state index contributed by atoms with van der Waals surface area (Å²) in [4.78, 5) is 9.68. The van der Waals surface area contributed by atoms with E-state index in [0.29, 0.717) is 6.42 Å². The maximum Gasteiger partial charge on any atom is 0.232 e.